The van der Waals surface area contributed by atoms with Crippen LogP contribution in [0.15, 0.2) is 11.6 Å². The summed E-state index contributed by atoms with van der Waals surface area (Å²) in [6, 6.07) is 0. The number of allylic oxidation sites excluding steroid dienone is 1. The largest absolute Gasteiger partial charge is 0.390 e. The van der Waals surface area contributed by atoms with Gasteiger partial charge in [-0.2, -0.15) is 0 Å². The van der Waals surface area contributed by atoms with Crippen molar-refractivity contribution in [1.82, 2.24) is 0 Å². The van der Waals surface area contributed by atoms with E-state index in [1.807, 2.05) is 27.7 Å². The van der Waals surface area contributed by atoms with Crippen molar-refractivity contribution in [1.29, 1.82) is 0 Å². The Bertz CT molecular complexity index is 983. The lowest BCUT2D eigenvalue weighted by Crippen LogP contribution is -2.62. The molecular weight excluding hydrogens is 472 g/mol. The lowest BCUT2D eigenvalue weighted by Gasteiger charge is -2.60. The van der Waals surface area contributed by atoms with Gasteiger partial charge in [-0.1, -0.05) is 13.8 Å². The number of carbonyl (C=O) groups excluding carboxylic acids is 1. The van der Waals surface area contributed by atoms with Crippen molar-refractivity contribution in [3.05, 3.63) is 11.6 Å². The van der Waals surface area contributed by atoms with Crippen LogP contribution >= 0.6 is 0 Å². The SMILES string of the molecule is CC(C)(O)CC[C@H]1OC(C)(C)O[C@]1(C)[C@H]1CC[C@@]2(O)C3=CC(=O)[C@@H]4C[C@@H](O)[C@H](O)C[C@]4(C)[C@@H]3CC[C@]12C. The lowest BCUT2D eigenvalue weighted by atomic mass is 9.45. The van der Waals surface area contributed by atoms with Gasteiger partial charge in [0.1, 0.15) is 0 Å². The van der Waals surface area contributed by atoms with Gasteiger partial charge >= 0.3 is 0 Å². The van der Waals surface area contributed by atoms with E-state index >= 15 is 0 Å². The highest BCUT2D eigenvalue weighted by atomic mass is 16.8. The number of carbonyl (C=O) groups is 1. The molecule has 10 atom stereocenters. The number of aliphatic hydroxyl groups excluding tert-OH is 2. The van der Waals surface area contributed by atoms with Gasteiger partial charge in [-0.25, -0.2) is 0 Å². The van der Waals surface area contributed by atoms with Crippen LogP contribution in [-0.2, 0) is 14.3 Å². The van der Waals surface area contributed by atoms with Gasteiger partial charge in [-0.05, 0) is 115 Å². The molecule has 0 bridgehead atoms. The Hall–Kier alpha value is -0.830. The van der Waals surface area contributed by atoms with Crippen molar-refractivity contribution >= 4 is 5.78 Å². The summed E-state index contributed by atoms with van der Waals surface area (Å²) in [4.78, 5) is 13.4. The minimum absolute atomic E-state index is 0.000157. The Morgan fingerprint density at radius 3 is 2.35 bits per heavy atom. The Morgan fingerprint density at radius 1 is 1.03 bits per heavy atom. The molecule has 5 aliphatic rings. The molecule has 0 aromatic rings. The van der Waals surface area contributed by atoms with E-state index in [1.54, 1.807) is 6.08 Å². The van der Waals surface area contributed by atoms with Gasteiger partial charge in [0, 0.05) is 11.3 Å². The molecule has 3 saturated carbocycles. The minimum Gasteiger partial charge on any atom is -0.390 e. The zero-order valence-corrected chi connectivity index (χ0v) is 23.7. The summed E-state index contributed by atoms with van der Waals surface area (Å²) < 4.78 is 13.1. The average molecular weight is 521 g/mol. The first-order valence-electron chi connectivity index (χ1n) is 14.3. The van der Waals surface area contributed by atoms with E-state index in [0.29, 0.717) is 25.7 Å². The third-order valence-electron chi connectivity index (χ3n) is 11.4. The second kappa shape index (κ2) is 8.34. The van der Waals surface area contributed by atoms with Crippen LogP contribution in [0.5, 0.6) is 0 Å². The molecule has 0 aromatic carbocycles. The minimum atomic E-state index is -1.15. The highest BCUT2D eigenvalue weighted by Crippen LogP contribution is 2.69. The molecule has 4 fully saturated rings. The third kappa shape index (κ3) is 4.02. The van der Waals surface area contributed by atoms with Crippen LogP contribution in [-0.4, -0.2) is 67.1 Å². The second-order valence-corrected chi connectivity index (χ2v) is 14.7. The second-order valence-electron chi connectivity index (χ2n) is 14.7. The number of fused-ring (bicyclic) bond motifs is 5. The molecule has 7 heteroatoms. The van der Waals surface area contributed by atoms with Crippen molar-refractivity contribution in [2.24, 2.45) is 28.6 Å². The van der Waals surface area contributed by atoms with Crippen molar-refractivity contribution in [3.8, 4) is 0 Å². The van der Waals surface area contributed by atoms with E-state index < -0.39 is 45.6 Å². The number of aliphatic hydroxyl groups is 4. The normalized spacial score (nSPS) is 51.3. The molecule has 7 nitrogen and oxygen atoms in total. The number of ether oxygens (including phenoxy) is 2. The van der Waals surface area contributed by atoms with E-state index in [2.05, 4.69) is 20.8 Å². The summed E-state index contributed by atoms with van der Waals surface area (Å²) in [5.41, 5.74) is -2.79. The first kappa shape index (κ1) is 27.7. The van der Waals surface area contributed by atoms with Gasteiger partial charge in [-0.15, -0.1) is 0 Å². The fourth-order valence-corrected chi connectivity index (χ4v) is 9.49. The predicted octanol–water partition coefficient (Wildman–Crippen LogP) is 3.65. The maximum atomic E-state index is 13.4. The van der Waals surface area contributed by atoms with E-state index in [9.17, 15) is 25.2 Å². The third-order valence-corrected chi connectivity index (χ3v) is 11.4. The van der Waals surface area contributed by atoms with Crippen LogP contribution in [0.1, 0.15) is 99.8 Å². The highest BCUT2D eigenvalue weighted by Gasteiger charge is 2.71. The van der Waals surface area contributed by atoms with E-state index in [0.717, 1.165) is 24.8 Å². The highest BCUT2D eigenvalue weighted by molar-refractivity contribution is 5.95. The summed E-state index contributed by atoms with van der Waals surface area (Å²) in [5.74, 6) is -1.14. The topological polar surface area (TPSA) is 116 Å². The Morgan fingerprint density at radius 2 is 1.70 bits per heavy atom. The van der Waals surface area contributed by atoms with E-state index in [1.165, 1.54) is 0 Å². The molecule has 210 valence electrons. The van der Waals surface area contributed by atoms with E-state index in [4.69, 9.17) is 9.47 Å². The number of ketones is 1. The zero-order chi connectivity index (χ0) is 27.4. The van der Waals surface area contributed by atoms with Gasteiger partial charge < -0.3 is 29.9 Å². The molecule has 1 aliphatic heterocycles. The fraction of sp³-hybridized carbons (Fsp3) is 0.900. The first-order chi connectivity index (χ1) is 16.9. The molecular formula is C30H48O7. The Balaban J connectivity index is 1.51. The average Bonchev–Trinajstić information content (AvgIpc) is 3.17. The van der Waals surface area contributed by atoms with Crippen molar-refractivity contribution < 1.29 is 34.7 Å². The maximum Gasteiger partial charge on any atom is 0.164 e. The smallest absolute Gasteiger partial charge is 0.164 e. The molecule has 4 N–H and O–H groups in total. The molecule has 0 unspecified atom stereocenters. The quantitative estimate of drug-likeness (QED) is 0.447. The maximum absolute atomic E-state index is 13.4. The Kier molecular flexibility index (Phi) is 6.25. The summed E-state index contributed by atoms with van der Waals surface area (Å²) in [6.07, 6.45) is 4.51. The van der Waals surface area contributed by atoms with Gasteiger partial charge in [0.25, 0.3) is 0 Å². The lowest BCUT2D eigenvalue weighted by molar-refractivity contribution is -0.191. The molecule has 5 rings (SSSR count). The molecule has 0 spiro atoms. The molecule has 37 heavy (non-hydrogen) atoms. The zero-order valence-electron chi connectivity index (χ0n) is 23.7. The van der Waals surface area contributed by atoms with Crippen LogP contribution in [0.4, 0.5) is 0 Å². The van der Waals surface area contributed by atoms with Gasteiger partial charge in [0.05, 0.1) is 35.1 Å². The van der Waals surface area contributed by atoms with Crippen molar-refractivity contribution in [2.45, 2.75) is 141 Å². The van der Waals surface area contributed by atoms with Crippen molar-refractivity contribution in [2.75, 3.05) is 0 Å². The van der Waals surface area contributed by atoms with Gasteiger partial charge in [0.2, 0.25) is 0 Å². The number of hydrogen-bond acceptors (Lipinski definition) is 7. The van der Waals surface area contributed by atoms with Crippen LogP contribution < -0.4 is 0 Å². The molecule has 0 aromatic heterocycles. The number of rotatable bonds is 4. The van der Waals surface area contributed by atoms with E-state index in [-0.39, 0.29) is 36.1 Å². The van der Waals surface area contributed by atoms with Crippen LogP contribution in [0, 0.1) is 28.6 Å². The summed E-state index contributed by atoms with van der Waals surface area (Å²) in [6.45, 7) is 13.8. The molecule has 4 aliphatic carbocycles. The van der Waals surface area contributed by atoms with Crippen LogP contribution in [0.3, 0.4) is 0 Å². The molecule has 1 heterocycles. The van der Waals surface area contributed by atoms with Gasteiger partial charge in [0.15, 0.2) is 11.6 Å². The molecule has 1 saturated heterocycles. The summed E-state index contributed by atoms with van der Waals surface area (Å²) in [7, 11) is 0. The summed E-state index contributed by atoms with van der Waals surface area (Å²) in [5, 5.41) is 43.9. The van der Waals surface area contributed by atoms with Crippen LogP contribution in [0.25, 0.3) is 0 Å². The molecule has 0 amide bonds. The predicted molar refractivity (Wildman–Crippen MR) is 138 cm³/mol. The number of hydrogen-bond donors (Lipinski definition) is 4. The molecule has 0 radical (unpaired) electrons. The van der Waals surface area contributed by atoms with Gasteiger partial charge in [-0.3, -0.25) is 4.79 Å². The first-order valence-corrected chi connectivity index (χ1v) is 14.3. The Labute approximate surface area is 221 Å². The monoisotopic (exact) mass is 520 g/mol. The standard InChI is InChI=1S/C30H48O7/c1-25(2,34)11-10-24-29(7,37-26(3,4)36-24)23-9-13-30(35)18-14-20(31)19-15-21(32)22(33)16-27(19,5)17(18)8-12-28(23,30)6/h14,17,19,21-24,32-35H,8-13,15-16H2,1-7H3/t17-,19+,21-,22-,23+,24-,27-,28-,29-,30-/m1/s1. The summed E-state index contributed by atoms with van der Waals surface area (Å²) >= 11 is 0. The van der Waals surface area contributed by atoms with Crippen LogP contribution in [0.2, 0.25) is 0 Å². The fourth-order valence-electron chi connectivity index (χ4n) is 9.49. The van der Waals surface area contributed by atoms with Crippen molar-refractivity contribution in [3.63, 3.8) is 0 Å².